The van der Waals surface area contributed by atoms with E-state index in [0.717, 1.165) is 0 Å². The predicted octanol–water partition coefficient (Wildman–Crippen LogP) is 0.571. The van der Waals surface area contributed by atoms with Crippen LogP contribution in [0, 0.1) is 0 Å². The number of nitrogens with one attached hydrogen (secondary N) is 1. The second-order valence-corrected chi connectivity index (χ2v) is 8.11. The molecular weight excluding hydrogens is 302 g/mol. The molecule has 2 aliphatic rings. The SMILES string of the molecule is CC1(C)CN2C(=O)[C@@H](NC(=O)C(N)c3ccc(O)cc3)[C@H]2S1. The van der Waals surface area contributed by atoms with Crippen LogP contribution in [0.1, 0.15) is 25.5 Å². The highest BCUT2D eigenvalue weighted by molar-refractivity contribution is 8.01. The number of thioether (sulfide) groups is 1. The van der Waals surface area contributed by atoms with Gasteiger partial charge in [-0.3, -0.25) is 9.59 Å². The van der Waals surface area contributed by atoms with Crippen molar-refractivity contribution < 1.29 is 14.7 Å². The van der Waals surface area contributed by atoms with Gasteiger partial charge < -0.3 is 21.1 Å². The van der Waals surface area contributed by atoms with Gasteiger partial charge in [-0.25, -0.2) is 0 Å². The van der Waals surface area contributed by atoms with Gasteiger partial charge in [0.15, 0.2) is 0 Å². The summed E-state index contributed by atoms with van der Waals surface area (Å²) in [4.78, 5) is 26.1. The molecule has 0 saturated carbocycles. The molecule has 2 fully saturated rings. The van der Waals surface area contributed by atoms with E-state index in [1.807, 2.05) is 0 Å². The van der Waals surface area contributed by atoms with Crippen molar-refractivity contribution in [3.63, 3.8) is 0 Å². The molecule has 0 aliphatic carbocycles. The largest absolute Gasteiger partial charge is 0.508 e. The normalized spacial score (nSPS) is 27.0. The first-order chi connectivity index (χ1) is 10.3. The van der Waals surface area contributed by atoms with Crippen LogP contribution >= 0.6 is 11.8 Å². The molecule has 2 amide bonds. The van der Waals surface area contributed by atoms with Crippen molar-refractivity contribution in [1.82, 2.24) is 10.2 Å². The minimum atomic E-state index is -0.859. The van der Waals surface area contributed by atoms with Crippen molar-refractivity contribution in [2.75, 3.05) is 6.54 Å². The number of β-lactam (4-membered cyclic amide) rings is 1. The number of rotatable bonds is 3. The predicted molar refractivity (Wildman–Crippen MR) is 84.1 cm³/mol. The van der Waals surface area contributed by atoms with E-state index in [1.165, 1.54) is 12.1 Å². The fourth-order valence-electron chi connectivity index (χ4n) is 2.81. The average Bonchev–Trinajstić information content (AvgIpc) is 2.77. The number of fused-ring (bicyclic) bond motifs is 1. The number of hydrogen-bond donors (Lipinski definition) is 3. The zero-order chi connectivity index (χ0) is 16.1. The van der Waals surface area contributed by atoms with Crippen molar-refractivity contribution in [2.45, 2.75) is 36.1 Å². The molecule has 118 valence electrons. The lowest BCUT2D eigenvalue weighted by Gasteiger charge is -2.41. The van der Waals surface area contributed by atoms with Gasteiger partial charge in [-0.2, -0.15) is 0 Å². The molecule has 2 heterocycles. The minimum Gasteiger partial charge on any atom is -0.508 e. The van der Waals surface area contributed by atoms with Crippen LogP contribution in [-0.2, 0) is 9.59 Å². The number of hydrogen-bond acceptors (Lipinski definition) is 5. The quantitative estimate of drug-likeness (QED) is 0.708. The zero-order valence-corrected chi connectivity index (χ0v) is 13.3. The Labute approximate surface area is 133 Å². The third-order valence-electron chi connectivity index (χ3n) is 3.96. The van der Waals surface area contributed by atoms with Gasteiger partial charge in [-0.1, -0.05) is 12.1 Å². The van der Waals surface area contributed by atoms with Crippen LogP contribution in [0.4, 0.5) is 0 Å². The first-order valence-electron chi connectivity index (χ1n) is 7.12. The van der Waals surface area contributed by atoms with Gasteiger partial charge in [-0.05, 0) is 31.5 Å². The van der Waals surface area contributed by atoms with Crippen molar-refractivity contribution in [2.24, 2.45) is 5.73 Å². The lowest BCUT2D eigenvalue weighted by atomic mass is 10.0. The Kier molecular flexibility index (Phi) is 3.57. The summed E-state index contributed by atoms with van der Waals surface area (Å²) in [5, 5.41) is 12.0. The maximum absolute atomic E-state index is 12.2. The maximum atomic E-state index is 12.2. The number of amides is 2. The van der Waals surface area contributed by atoms with Crippen molar-refractivity contribution in [1.29, 1.82) is 0 Å². The molecule has 0 aromatic heterocycles. The molecule has 22 heavy (non-hydrogen) atoms. The summed E-state index contributed by atoms with van der Waals surface area (Å²) in [7, 11) is 0. The van der Waals surface area contributed by atoms with E-state index in [2.05, 4.69) is 19.2 Å². The molecule has 1 aromatic carbocycles. The van der Waals surface area contributed by atoms with E-state index in [-0.39, 0.29) is 27.7 Å². The fraction of sp³-hybridized carbons (Fsp3) is 0.467. The number of phenolic OH excluding ortho intramolecular Hbond substituents is 1. The minimum absolute atomic E-state index is 0.00142. The molecule has 3 atom stereocenters. The fourth-order valence-corrected chi connectivity index (χ4v) is 4.30. The van der Waals surface area contributed by atoms with E-state index in [1.54, 1.807) is 28.8 Å². The van der Waals surface area contributed by atoms with E-state index >= 15 is 0 Å². The number of nitrogens with zero attached hydrogens (tertiary/aromatic N) is 1. The maximum Gasteiger partial charge on any atom is 0.249 e. The second kappa shape index (κ2) is 5.17. The second-order valence-electron chi connectivity index (χ2n) is 6.29. The van der Waals surface area contributed by atoms with Crippen LogP contribution in [0.25, 0.3) is 0 Å². The first-order valence-corrected chi connectivity index (χ1v) is 8.00. The highest BCUT2D eigenvalue weighted by Gasteiger charge is 2.56. The van der Waals surface area contributed by atoms with E-state index in [0.29, 0.717) is 12.1 Å². The van der Waals surface area contributed by atoms with E-state index < -0.39 is 12.1 Å². The van der Waals surface area contributed by atoms with Crippen LogP contribution in [0.15, 0.2) is 24.3 Å². The van der Waals surface area contributed by atoms with Gasteiger partial charge in [0.2, 0.25) is 11.8 Å². The number of aromatic hydroxyl groups is 1. The van der Waals surface area contributed by atoms with Gasteiger partial charge in [0.05, 0.1) is 0 Å². The standard InChI is InChI=1S/C15H19N3O3S/c1-15(2)7-18-13(21)11(14(18)22-15)17-12(20)10(16)8-3-5-9(19)6-4-8/h3-6,10-11,14,19H,7,16H2,1-2H3,(H,17,20)/t10?,11-,14-/m1/s1. The Morgan fingerprint density at radius 1 is 1.45 bits per heavy atom. The van der Waals surface area contributed by atoms with Gasteiger partial charge in [-0.15, -0.1) is 11.8 Å². The number of benzene rings is 1. The Balaban J connectivity index is 1.65. The monoisotopic (exact) mass is 321 g/mol. The number of nitrogens with two attached hydrogens (primary N) is 1. The number of carbonyl (C=O) groups is 2. The van der Waals surface area contributed by atoms with Crippen molar-refractivity contribution >= 4 is 23.6 Å². The van der Waals surface area contributed by atoms with Crippen LogP contribution in [-0.4, -0.2) is 44.5 Å². The summed E-state index contributed by atoms with van der Waals surface area (Å²) < 4.78 is 0.0128. The highest BCUT2D eigenvalue weighted by Crippen LogP contribution is 2.46. The molecule has 1 aromatic rings. The molecule has 4 N–H and O–H groups in total. The van der Waals surface area contributed by atoms with Gasteiger partial charge in [0, 0.05) is 11.3 Å². The number of phenols is 1. The van der Waals surface area contributed by atoms with E-state index in [9.17, 15) is 14.7 Å². The Bertz CT molecular complexity index is 617. The highest BCUT2D eigenvalue weighted by atomic mass is 32.2. The molecule has 2 aliphatic heterocycles. The smallest absolute Gasteiger partial charge is 0.249 e. The zero-order valence-electron chi connectivity index (χ0n) is 12.4. The summed E-state index contributed by atoms with van der Waals surface area (Å²) in [6.07, 6.45) is 0. The molecule has 7 heteroatoms. The molecule has 1 unspecified atom stereocenters. The van der Waals surface area contributed by atoms with Gasteiger partial charge in [0.25, 0.3) is 0 Å². The summed E-state index contributed by atoms with van der Waals surface area (Å²) in [5.74, 6) is -0.311. The van der Waals surface area contributed by atoms with Crippen LogP contribution < -0.4 is 11.1 Å². The average molecular weight is 321 g/mol. The molecule has 3 rings (SSSR count). The van der Waals surface area contributed by atoms with Gasteiger partial charge in [0.1, 0.15) is 23.2 Å². The molecule has 6 nitrogen and oxygen atoms in total. The Hall–Kier alpha value is -1.73. The summed E-state index contributed by atoms with van der Waals surface area (Å²) >= 11 is 1.70. The van der Waals surface area contributed by atoms with Gasteiger partial charge >= 0.3 is 0 Å². The summed E-state index contributed by atoms with van der Waals surface area (Å²) in [6, 6.07) is 4.80. The van der Waals surface area contributed by atoms with Crippen LogP contribution in [0.5, 0.6) is 5.75 Å². The molecule has 0 bridgehead atoms. The van der Waals surface area contributed by atoms with Crippen molar-refractivity contribution in [3.8, 4) is 5.75 Å². The van der Waals surface area contributed by atoms with E-state index in [4.69, 9.17) is 5.73 Å². The third-order valence-corrected chi connectivity index (χ3v) is 5.50. The summed E-state index contributed by atoms with van der Waals surface area (Å²) in [5.41, 5.74) is 6.52. The molecule has 2 saturated heterocycles. The van der Waals surface area contributed by atoms with Crippen LogP contribution in [0.2, 0.25) is 0 Å². The molecular formula is C15H19N3O3S. The Morgan fingerprint density at radius 2 is 2.09 bits per heavy atom. The lowest BCUT2D eigenvalue weighted by molar-refractivity contribution is -0.148. The number of carbonyl (C=O) groups excluding carboxylic acids is 2. The van der Waals surface area contributed by atoms with Crippen LogP contribution in [0.3, 0.4) is 0 Å². The first kappa shape index (κ1) is 15.2. The topological polar surface area (TPSA) is 95.7 Å². The molecule has 0 spiro atoms. The lowest BCUT2D eigenvalue weighted by Crippen LogP contribution is -2.67. The Morgan fingerprint density at radius 3 is 2.73 bits per heavy atom. The third kappa shape index (κ3) is 2.55. The van der Waals surface area contributed by atoms with Crippen molar-refractivity contribution in [3.05, 3.63) is 29.8 Å². The molecule has 0 radical (unpaired) electrons. The summed E-state index contributed by atoms with van der Waals surface area (Å²) in [6.45, 7) is 4.88.